The fourth-order valence-corrected chi connectivity index (χ4v) is 4.19. The van der Waals surface area contributed by atoms with Crippen LogP contribution in [0.15, 0.2) is 59.7 Å². The summed E-state index contributed by atoms with van der Waals surface area (Å²) in [5, 5.41) is 8.33. The quantitative estimate of drug-likeness (QED) is 0.170. The summed E-state index contributed by atoms with van der Waals surface area (Å²) in [6.07, 6.45) is 8.51. The number of unbranched alkanes of at least 4 members (excludes halogenated alkanes) is 4. The molecule has 0 atom stereocenters. The van der Waals surface area contributed by atoms with Gasteiger partial charge in [0, 0.05) is 16.7 Å². The largest absolute Gasteiger partial charge is 0.481 e. The van der Waals surface area contributed by atoms with Gasteiger partial charge in [-0.2, -0.15) is 8.42 Å². The molecule has 0 saturated carbocycles. The molecule has 3 rings (SSSR count). The summed E-state index contributed by atoms with van der Waals surface area (Å²) >= 11 is 0. The van der Waals surface area contributed by atoms with E-state index in [4.69, 9.17) is 9.84 Å². The predicted octanol–water partition coefficient (Wildman–Crippen LogP) is 4.59. The zero-order valence-electron chi connectivity index (χ0n) is 19.8. The summed E-state index contributed by atoms with van der Waals surface area (Å²) in [7, 11) is -4.58. The first kappa shape index (κ1) is 28.6. The Labute approximate surface area is 209 Å². The van der Waals surface area contributed by atoms with Gasteiger partial charge in [-0.3, -0.25) is 23.7 Å². The lowest BCUT2D eigenvalue weighted by Crippen LogP contribution is -2.23. The third-order valence-corrected chi connectivity index (χ3v) is 6.15. The standard InChI is InChI=1S/C14H8O5S.C12H20O4/c15-13-8-4-1-2-5-9(8)14(16)12-10(13)6-3-7-11(12)20(17,18)19;1-2-3-4-5-6-7-10-16-12(15)9-8-11(13)14/h1-7H,(H,17,18,19);7,10H,2-6,8-9H2,1H3,(H,13,14). The maximum Gasteiger partial charge on any atom is 0.311 e. The molecule has 0 unspecified atom stereocenters. The molecule has 1 aliphatic rings. The number of carboxylic acids is 1. The van der Waals surface area contributed by atoms with Crippen molar-refractivity contribution in [2.75, 3.05) is 0 Å². The minimum atomic E-state index is -4.58. The first-order valence-electron chi connectivity index (χ1n) is 11.4. The number of fused-ring (bicyclic) bond motifs is 2. The highest BCUT2D eigenvalue weighted by molar-refractivity contribution is 7.86. The number of rotatable bonds is 10. The Balaban J connectivity index is 0.000000262. The van der Waals surface area contributed by atoms with Crippen LogP contribution >= 0.6 is 0 Å². The molecule has 9 nitrogen and oxygen atoms in total. The first-order valence-corrected chi connectivity index (χ1v) is 12.9. The van der Waals surface area contributed by atoms with E-state index >= 15 is 0 Å². The van der Waals surface area contributed by atoms with E-state index < -0.39 is 38.5 Å². The average molecular weight is 517 g/mol. The molecule has 0 heterocycles. The number of aliphatic carboxylic acids is 1. The molecular weight excluding hydrogens is 488 g/mol. The third-order valence-electron chi connectivity index (χ3n) is 5.26. The van der Waals surface area contributed by atoms with E-state index in [0.717, 1.165) is 18.9 Å². The Kier molecular flexibility index (Phi) is 10.7. The molecule has 0 saturated heterocycles. The number of esters is 1. The second kappa shape index (κ2) is 13.5. The molecule has 0 radical (unpaired) electrons. The van der Waals surface area contributed by atoms with Crippen LogP contribution in [0.2, 0.25) is 0 Å². The molecular formula is C26H28O9S. The minimum absolute atomic E-state index is 0.0103. The lowest BCUT2D eigenvalue weighted by molar-refractivity contribution is -0.144. The Morgan fingerprint density at radius 1 is 0.889 bits per heavy atom. The molecule has 0 spiro atoms. The number of carbonyl (C=O) groups is 4. The number of benzene rings is 2. The van der Waals surface area contributed by atoms with E-state index in [-0.39, 0.29) is 35.1 Å². The minimum Gasteiger partial charge on any atom is -0.481 e. The van der Waals surface area contributed by atoms with Crippen LogP contribution in [0.1, 0.15) is 83.7 Å². The Bertz CT molecular complexity index is 1260. The van der Waals surface area contributed by atoms with Gasteiger partial charge in [-0.1, -0.05) is 62.6 Å². The fraction of sp³-hybridized carbons (Fsp3) is 0.308. The average Bonchev–Trinajstić information content (AvgIpc) is 2.85. The number of ketones is 2. The molecule has 2 aromatic carbocycles. The van der Waals surface area contributed by atoms with Gasteiger partial charge in [-0.25, -0.2) is 0 Å². The molecule has 10 heteroatoms. The van der Waals surface area contributed by atoms with Crippen molar-refractivity contribution in [1.29, 1.82) is 0 Å². The molecule has 192 valence electrons. The van der Waals surface area contributed by atoms with E-state index in [2.05, 4.69) is 6.92 Å². The number of carboxylic acid groups (broad SMARTS) is 1. The molecule has 2 aromatic rings. The van der Waals surface area contributed by atoms with Gasteiger partial charge in [0.05, 0.1) is 24.7 Å². The van der Waals surface area contributed by atoms with Crippen molar-refractivity contribution in [3.05, 3.63) is 77.1 Å². The van der Waals surface area contributed by atoms with Gasteiger partial charge in [-0.15, -0.1) is 0 Å². The number of hydrogen-bond donors (Lipinski definition) is 2. The van der Waals surface area contributed by atoms with Crippen LogP contribution in [0.4, 0.5) is 0 Å². The number of carbonyl (C=O) groups excluding carboxylic acids is 3. The van der Waals surface area contributed by atoms with Crippen molar-refractivity contribution in [2.24, 2.45) is 0 Å². The van der Waals surface area contributed by atoms with Gasteiger partial charge >= 0.3 is 11.9 Å². The molecule has 0 aliphatic heterocycles. The van der Waals surface area contributed by atoms with Crippen molar-refractivity contribution in [3.8, 4) is 0 Å². The Morgan fingerprint density at radius 2 is 1.53 bits per heavy atom. The topological polar surface area (TPSA) is 152 Å². The second-order valence-corrected chi connectivity index (χ2v) is 9.35. The predicted molar refractivity (Wildman–Crippen MR) is 130 cm³/mol. The zero-order chi connectivity index (χ0) is 26.7. The zero-order valence-corrected chi connectivity index (χ0v) is 20.6. The van der Waals surface area contributed by atoms with E-state index in [9.17, 15) is 32.1 Å². The van der Waals surface area contributed by atoms with Crippen molar-refractivity contribution >= 4 is 33.6 Å². The van der Waals surface area contributed by atoms with Gasteiger partial charge in [0.2, 0.25) is 0 Å². The smallest absolute Gasteiger partial charge is 0.311 e. The molecule has 0 bridgehead atoms. The lowest BCUT2D eigenvalue weighted by Gasteiger charge is -2.18. The van der Waals surface area contributed by atoms with Gasteiger partial charge in [0.25, 0.3) is 10.1 Å². The summed E-state index contributed by atoms with van der Waals surface area (Å²) in [4.78, 5) is 45.3. The first-order chi connectivity index (χ1) is 17.1. The van der Waals surface area contributed by atoms with Crippen molar-refractivity contribution in [2.45, 2.75) is 56.8 Å². The maximum atomic E-state index is 12.4. The molecule has 2 N–H and O–H groups in total. The van der Waals surface area contributed by atoms with E-state index in [1.807, 2.05) is 0 Å². The van der Waals surface area contributed by atoms with E-state index in [0.29, 0.717) is 0 Å². The number of hydrogen-bond acceptors (Lipinski definition) is 7. The highest BCUT2D eigenvalue weighted by Gasteiger charge is 2.34. The lowest BCUT2D eigenvalue weighted by atomic mass is 9.84. The molecule has 36 heavy (non-hydrogen) atoms. The van der Waals surface area contributed by atoms with Gasteiger partial charge in [0.1, 0.15) is 4.90 Å². The highest BCUT2D eigenvalue weighted by atomic mass is 32.2. The van der Waals surface area contributed by atoms with Crippen molar-refractivity contribution in [3.63, 3.8) is 0 Å². The summed E-state index contributed by atoms with van der Waals surface area (Å²) in [6, 6.07) is 9.99. The third kappa shape index (κ3) is 7.96. The van der Waals surface area contributed by atoms with Crippen LogP contribution in [0.25, 0.3) is 0 Å². The highest BCUT2D eigenvalue weighted by Crippen LogP contribution is 2.31. The molecule has 0 aromatic heterocycles. The van der Waals surface area contributed by atoms with Crippen LogP contribution in [0.3, 0.4) is 0 Å². The maximum absolute atomic E-state index is 12.4. The van der Waals surface area contributed by atoms with Gasteiger partial charge < -0.3 is 9.84 Å². The van der Waals surface area contributed by atoms with Crippen LogP contribution in [0, 0.1) is 0 Å². The van der Waals surface area contributed by atoms with Crippen molar-refractivity contribution < 1.29 is 42.0 Å². The second-order valence-electron chi connectivity index (χ2n) is 7.96. The van der Waals surface area contributed by atoms with Gasteiger partial charge in [-0.05, 0) is 25.0 Å². The number of allylic oxidation sites excluding steroid dienone is 1. The number of ether oxygens (including phenoxy) is 1. The Hall–Kier alpha value is -3.63. The summed E-state index contributed by atoms with van der Waals surface area (Å²) < 4.78 is 36.6. The van der Waals surface area contributed by atoms with Gasteiger partial charge in [0.15, 0.2) is 11.6 Å². The SMILES string of the molecule is CCCCCCC=COC(=O)CCC(=O)O.O=C1c2ccccc2C(=O)c2c1cccc2S(=O)(=O)O. The van der Waals surface area contributed by atoms with E-state index in [1.54, 1.807) is 18.2 Å². The van der Waals surface area contributed by atoms with E-state index in [1.165, 1.54) is 49.8 Å². The molecule has 0 fully saturated rings. The van der Waals surface area contributed by atoms with Crippen LogP contribution < -0.4 is 0 Å². The summed E-state index contributed by atoms with van der Waals surface area (Å²) in [5.41, 5.74) is 0.0983. The fourth-order valence-electron chi connectivity index (χ4n) is 3.48. The monoisotopic (exact) mass is 516 g/mol. The summed E-state index contributed by atoms with van der Waals surface area (Å²) in [5.74, 6) is -2.49. The van der Waals surface area contributed by atoms with Crippen molar-refractivity contribution in [1.82, 2.24) is 0 Å². The normalized spacial score (nSPS) is 12.4. The summed E-state index contributed by atoms with van der Waals surface area (Å²) in [6.45, 7) is 2.15. The Morgan fingerprint density at radius 3 is 2.14 bits per heavy atom. The molecule has 0 amide bonds. The van der Waals surface area contributed by atoms with Crippen LogP contribution in [0.5, 0.6) is 0 Å². The molecule has 1 aliphatic carbocycles. The van der Waals surface area contributed by atoms with Crippen LogP contribution in [-0.2, 0) is 24.4 Å². The van der Waals surface area contributed by atoms with Crippen LogP contribution in [-0.4, -0.2) is 41.6 Å².